The van der Waals surface area contributed by atoms with Crippen molar-refractivity contribution in [3.05, 3.63) is 65.2 Å². The van der Waals surface area contributed by atoms with Crippen LogP contribution in [-0.4, -0.2) is 57.4 Å². The van der Waals surface area contributed by atoms with E-state index in [9.17, 15) is 0 Å². The second-order valence-corrected chi connectivity index (χ2v) is 8.14. The van der Waals surface area contributed by atoms with Crippen molar-refractivity contribution in [2.24, 2.45) is 4.99 Å². The van der Waals surface area contributed by atoms with Crippen LogP contribution in [0.3, 0.4) is 0 Å². The number of halogens is 1. The van der Waals surface area contributed by atoms with Crippen LogP contribution in [0.5, 0.6) is 5.75 Å². The third kappa shape index (κ3) is 8.96. The Morgan fingerprint density at radius 3 is 2.72 bits per heavy atom. The fraction of sp³-hybridized carbons (Fsp3) is 0.480. The van der Waals surface area contributed by atoms with Gasteiger partial charge in [0.2, 0.25) is 0 Å². The highest BCUT2D eigenvalue weighted by Crippen LogP contribution is 2.23. The van der Waals surface area contributed by atoms with E-state index < -0.39 is 0 Å². The molecular weight excluding hydrogens is 515 g/mol. The molecule has 0 amide bonds. The van der Waals surface area contributed by atoms with Crippen LogP contribution in [0, 0.1) is 6.92 Å². The van der Waals surface area contributed by atoms with E-state index in [4.69, 9.17) is 9.47 Å². The largest absolute Gasteiger partial charge is 0.488 e. The second-order valence-electron chi connectivity index (χ2n) is 8.14. The van der Waals surface area contributed by atoms with Gasteiger partial charge < -0.3 is 25.0 Å². The van der Waals surface area contributed by atoms with E-state index in [-0.39, 0.29) is 30.1 Å². The average Bonchev–Trinajstić information content (AvgIpc) is 3.28. The molecule has 0 aliphatic carbocycles. The summed E-state index contributed by atoms with van der Waals surface area (Å²) in [5.74, 6) is 1.74. The van der Waals surface area contributed by atoms with E-state index in [1.165, 1.54) is 11.1 Å². The molecule has 32 heavy (non-hydrogen) atoms. The van der Waals surface area contributed by atoms with Crippen molar-refractivity contribution in [3.63, 3.8) is 0 Å². The predicted molar refractivity (Wildman–Crippen MR) is 142 cm³/mol. The van der Waals surface area contributed by atoms with Crippen molar-refractivity contribution in [2.45, 2.75) is 39.0 Å². The fourth-order valence-electron chi connectivity index (χ4n) is 3.63. The maximum atomic E-state index is 6.20. The number of hydrogen-bond acceptors (Lipinski definition) is 4. The van der Waals surface area contributed by atoms with E-state index in [0.29, 0.717) is 13.2 Å². The Bertz CT molecular complexity index is 826. The molecule has 2 N–H and O–H groups in total. The summed E-state index contributed by atoms with van der Waals surface area (Å²) in [7, 11) is 3.97. The minimum Gasteiger partial charge on any atom is -0.488 e. The number of aliphatic imine (C=N–C) groups is 1. The van der Waals surface area contributed by atoms with Crippen LogP contribution in [-0.2, 0) is 17.8 Å². The van der Waals surface area contributed by atoms with Gasteiger partial charge in [0.05, 0.1) is 13.2 Å². The third-order valence-corrected chi connectivity index (χ3v) is 5.38. The SMILES string of the molecule is CN=C(NCCCN(C)Cc1ccccc1)NCc1ccc(C)cc1OC1CCOC1.I. The van der Waals surface area contributed by atoms with E-state index in [2.05, 4.69) is 83.0 Å². The molecule has 1 unspecified atom stereocenters. The van der Waals surface area contributed by atoms with Gasteiger partial charge in [-0.1, -0.05) is 42.5 Å². The molecule has 0 aromatic heterocycles. The van der Waals surface area contributed by atoms with Crippen LogP contribution in [0.4, 0.5) is 0 Å². The Balaban J connectivity index is 0.00000363. The average molecular weight is 553 g/mol. The molecule has 1 heterocycles. The zero-order valence-corrected chi connectivity index (χ0v) is 21.8. The molecule has 1 atom stereocenters. The van der Waals surface area contributed by atoms with E-state index in [1.807, 2.05) is 0 Å². The molecular formula is C25H37IN4O2. The van der Waals surface area contributed by atoms with Crippen LogP contribution in [0.1, 0.15) is 29.5 Å². The summed E-state index contributed by atoms with van der Waals surface area (Å²) < 4.78 is 11.6. The molecule has 6 nitrogen and oxygen atoms in total. The number of benzene rings is 2. The fourth-order valence-corrected chi connectivity index (χ4v) is 3.63. The minimum absolute atomic E-state index is 0. The summed E-state index contributed by atoms with van der Waals surface area (Å²) in [6, 6.07) is 16.9. The first-order valence-corrected chi connectivity index (χ1v) is 11.1. The number of ether oxygens (including phenoxy) is 2. The lowest BCUT2D eigenvalue weighted by Crippen LogP contribution is -2.38. The number of hydrogen-bond donors (Lipinski definition) is 2. The highest BCUT2D eigenvalue weighted by Gasteiger charge is 2.18. The van der Waals surface area contributed by atoms with Gasteiger partial charge in [-0.25, -0.2) is 0 Å². The van der Waals surface area contributed by atoms with Gasteiger partial charge in [0.15, 0.2) is 5.96 Å². The molecule has 0 spiro atoms. The van der Waals surface area contributed by atoms with Crippen LogP contribution in [0.2, 0.25) is 0 Å². The first kappa shape index (κ1) is 26.4. The summed E-state index contributed by atoms with van der Waals surface area (Å²) >= 11 is 0. The number of nitrogens with one attached hydrogen (secondary N) is 2. The van der Waals surface area contributed by atoms with Gasteiger partial charge in [-0.05, 0) is 44.1 Å². The quantitative estimate of drug-likeness (QED) is 0.202. The first-order valence-electron chi connectivity index (χ1n) is 11.1. The van der Waals surface area contributed by atoms with Crippen molar-refractivity contribution in [1.82, 2.24) is 15.5 Å². The maximum absolute atomic E-state index is 6.20. The normalized spacial score (nSPS) is 16.0. The smallest absolute Gasteiger partial charge is 0.191 e. The zero-order valence-electron chi connectivity index (χ0n) is 19.5. The van der Waals surface area contributed by atoms with Crippen molar-refractivity contribution in [3.8, 4) is 5.75 Å². The molecule has 2 aromatic rings. The number of rotatable bonds is 10. The summed E-state index contributed by atoms with van der Waals surface area (Å²) in [5, 5.41) is 6.83. The minimum atomic E-state index is 0. The number of nitrogens with zero attached hydrogens (tertiary/aromatic N) is 2. The number of aryl methyl sites for hydroxylation is 1. The summed E-state index contributed by atoms with van der Waals surface area (Å²) in [4.78, 5) is 6.70. The van der Waals surface area contributed by atoms with E-state index >= 15 is 0 Å². The highest BCUT2D eigenvalue weighted by atomic mass is 127. The van der Waals surface area contributed by atoms with Gasteiger partial charge in [-0.2, -0.15) is 0 Å². The van der Waals surface area contributed by atoms with Crippen molar-refractivity contribution in [2.75, 3.05) is 40.4 Å². The summed E-state index contributed by atoms with van der Waals surface area (Å²) in [5.41, 5.74) is 3.67. The van der Waals surface area contributed by atoms with E-state index in [1.54, 1.807) is 7.05 Å². The van der Waals surface area contributed by atoms with Gasteiger partial charge in [0.25, 0.3) is 0 Å². The van der Waals surface area contributed by atoms with Gasteiger partial charge in [-0.15, -0.1) is 24.0 Å². The molecule has 2 aromatic carbocycles. The predicted octanol–water partition coefficient (Wildman–Crippen LogP) is 3.97. The maximum Gasteiger partial charge on any atom is 0.191 e. The molecule has 1 aliphatic heterocycles. The van der Waals surface area contributed by atoms with E-state index in [0.717, 1.165) is 56.4 Å². The molecule has 1 fully saturated rings. The van der Waals surface area contributed by atoms with Crippen molar-refractivity contribution in [1.29, 1.82) is 0 Å². The van der Waals surface area contributed by atoms with Crippen molar-refractivity contribution >= 4 is 29.9 Å². The Kier molecular flexibility index (Phi) is 11.8. The van der Waals surface area contributed by atoms with Gasteiger partial charge in [0, 0.05) is 38.7 Å². The standard InChI is InChI=1S/C25H36N4O2.HI/c1-20-10-11-22(24(16-20)31-23-12-15-30-19-23)17-28-25(26-2)27-13-7-14-29(3)18-21-8-5-4-6-9-21;/h4-6,8-11,16,23H,7,12-15,17-19H2,1-3H3,(H2,26,27,28);1H. The Hall–Kier alpha value is -1.84. The second kappa shape index (κ2) is 14.3. The lowest BCUT2D eigenvalue weighted by molar-refractivity contribution is 0.140. The molecule has 1 saturated heterocycles. The number of guanidine groups is 1. The van der Waals surface area contributed by atoms with Crippen LogP contribution in [0.15, 0.2) is 53.5 Å². The topological polar surface area (TPSA) is 58.1 Å². The highest BCUT2D eigenvalue weighted by molar-refractivity contribution is 14.0. The van der Waals surface area contributed by atoms with Gasteiger partial charge in [0.1, 0.15) is 11.9 Å². The first-order chi connectivity index (χ1) is 15.1. The molecule has 7 heteroatoms. The monoisotopic (exact) mass is 552 g/mol. The Labute approximate surface area is 209 Å². The van der Waals surface area contributed by atoms with Crippen LogP contribution < -0.4 is 15.4 Å². The molecule has 1 aliphatic rings. The molecule has 0 bridgehead atoms. The Morgan fingerprint density at radius 1 is 1.19 bits per heavy atom. The lowest BCUT2D eigenvalue weighted by atomic mass is 10.1. The third-order valence-electron chi connectivity index (χ3n) is 5.38. The molecule has 0 radical (unpaired) electrons. The van der Waals surface area contributed by atoms with Gasteiger partial charge >= 0.3 is 0 Å². The lowest BCUT2D eigenvalue weighted by Gasteiger charge is -2.19. The van der Waals surface area contributed by atoms with Gasteiger partial charge in [-0.3, -0.25) is 4.99 Å². The van der Waals surface area contributed by atoms with Crippen LogP contribution >= 0.6 is 24.0 Å². The zero-order chi connectivity index (χ0) is 21.9. The molecule has 0 saturated carbocycles. The van der Waals surface area contributed by atoms with Crippen molar-refractivity contribution < 1.29 is 9.47 Å². The summed E-state index contributed by atoms with van der Waals surface area (Å²) in [6.07, 6.45) is 2.14. The molecule has 176 valence electrons. The molecule has 3 rings (SSSR count). The summed E-state index contributed by atoms with van der Waals surface area (Å²) in [6.45, 7) is 7.06. The Morgan fingerprint density at radius 2 is 2.00 bits per heavy atom. The van der Waals surface area contributed by atoms with Crippen LogP contribution in [0.25, 0.3) is 0 Å².